The monoisotopic (exact) mass is 326 g/mol. The summed E-state index contributed by atoms with van der Waals surface area (Å²) in [6.07, 6.45) is 4.43. The minimum Gasteiger partial charge on any atom is -0.390 e. The molecule has 2 heteroatoms. The first-order valence-electron chi connectivity index (χ1n) is 8.19. The van der Waals surface area contributed by atoms with Crippen LogP contribution in [0.1, 0.15) is 27.7 Å². The van der Waals surface area contributed by atoms with Crippen LogP contribution in [-0.4, -0.2) is 16.4 Å². The Bertz CT molecular complexity index is 574. The van der Waals surface area contributed by atoms with Crippen LogP contribution in [0.15, 0.2) is 72.8 Å². The molecule has 23 heavy (non-hydrogen) atoms. The first-order chi connectivity index (χ1) is 10.9. The fourth-order valence-electron chi connectivity index (χ4n) is 2.45. The Morgan fingerprint density at radius 2 is 1.26 bits per heavy atom. The van der Waals surface area contributed by atoms with Crippen molar-refractivity contribution in [2.45, 2.75) is 39.0 Å². The highest BCUT2D eigenvalue weighted by Gasteiger charge is 2.22. The summed E-state index contributed by atoms with van der Waals surface area (Å²) in [5, 5.41) is 12.9. The molecular weight excluding hydrogens is 299 g/mol. The Hall–Kier alpha value is -1.43. The van der Waals surface area contributed by atoms with E-state index in [-0.39, 0.29) is 5.92 Å². The van der Waals surface area contributed by atoms with Crippen molar-refractivity contribution < 1.29 is 5.11 Å². The van der Waals surface area contributed by atoms with E-state index in [4.69, 9.17) is 0 Å². The molecule has 0 unspecified atom stereocenters. The number of benzene rings is 2. The van der Waals surface area contributed by atoms with Gasteiger partial charge in [-0.25, -0.2) is 0 Å². The van der Waals surface area contributed by atoms with E-state index < -0.39 is 13.5 Å². The molecule has 2 atom stereocenters. The summed E-state index contributed by atoms with van der Waals surface area (Å²) in [6.45, 7) is 8.07. The molecule has 0 saturated heterocycles. The molecule has 0 fully saturated rings. The van der Waals surface area contributed by atoms with Crippen molar-refractivity contribution in [3.05, 3.63) is 72.8 Å². The third-order valence-corrected chi connectivity index (χ3v) is 6.96. The quantitative estimate of drug-likeness (QED) is 0.613. The van der Waals surface area contributed by atoms with E-state index in [9.17, 15) is 5.11 Å². The number of allylic oxidation sites excluding steroid dienone is 1. The minimum absolute atomic E-state index is 0.133. The van der Waals surface area contributed by atoms with Gasteiger partial charge in [-0.05, 0) is 32.4 Å². The number of hydrogen-bond donors (Lipinski definition) is 1. The first kappa shape index (κ1) is 17.9. The van der Waals surface area contributed by atoms with Crippen LogP contribution in [0, 0.1) is 5.92 Å². The van der Waals surface area contributed by atoms with Crippen molar-refractivity contribution >= 4 is 18.5 Å². The average Bonchev–Trinajstić information content (AvgIpc) is 2.54. The van der Waals surface area contributed by atoms with Crippen LogP contribution in [0.3, 0.4) is 0 Å². The molecule has 0 radical (unpaired) electrons. The second-order valence-electron chi connectivity index (χ2n) is 6.61. The molecule has 1 N–H and O–H groups in total. The highest BCUT2D eigenvalue weighted by molar-refractivity contribution is 7.73. The van der Waals surface area contributed by atoms with Crippen molar-refractivity contribution in [2.24, 2.45) is 5.92 Å². The molecule has 1 nitrogen and oxygen atoms in total. The van der Waals surface area contributed by atoms with Crippen LogP contribution in [0.5, 0.6) is 0 Å². The number of rotatable bonds is 6. The van der Waals surface area contributed by atoms with E-state index in [0.717, 1.165) is 0 Å². The fraction of sp³-hybridized carbons (Fsp3) is 0.333. The van der Waals surface area contributed by atoms with Crippen molar-refractivity contribution in [1.82, 2.24) is 0 Å². The highest BCUT2D eigenvalue weighted by atomic mass is 31.1. The molecule has 122 valence electrons. The average molecular weight is 326 g/mol. The largest absolute Gasteiger partial charge is 0.390 e. The SMILES string of the molecule is C[C@H](/C=C/[C@H](C)C(C)(C)O)P(c1ccccc1)c1ccccc1. The van der Waals surface area contributed by atoms with Gasteiger partial charge in [0.15, 0.2) is 0 Å². The third-order valence-electron chi connectivity index (χ3n) is 4.27. The van der Waals surface area contributed by atoms with E-state index >= 15 is 0 Å². The van der Waals surface area contributed by atoms with Gasteiger partial charge in [-0.15, -0.1) is 0 Å². The molecule has 0 amide bonds. The second-order valence-corrected chi connectivity index (χ2v) is 9.20. The zero-order valence-electron chi connectivity index (χ0n) is 14.5. The molecule has 0 aliphatic carbocycles. The van der Waals surface area contributed by atoms with E-state index in [1.165, 1.54) is 10.6 Å². The maximum Gasteiger partial charge on any atom is 0.0651 e. The van der Waals surface area contributed by atoms with Crippen LogP contribution in [-0.2, 0) is 0 Å². The molecule has 0 aromatic heterocycles. The van der Waals surface area contributed by atoms with Gasteiger partial charge in [-0.2, -0.15) is 0 Å². The zero-order valence-corrected chi connectivity index (χ0v) is 15.4. The summed E-state index contributed by atoms with van der Waals surface area (Å²) in [7, 11) is -0.447. The van der Waals surface area contributed by atoms with Crippen LogP contribution < -0.4 is 10.6 Å². The van der Waals surface area contributed by atoms with Gasteiger partial charge in [0, 0.05) is 11.6 Å². The Labute approximate surface area is 141 Å². The third kappa shape index (κ3) is 5.03. The number of hydrogen-bond acceptors (Lipinski definition) is 1. The normalized spacial score (nSPS) is 15.0. The molecule has 0 aliphatic heterocycles. The molecule has 0 saturated carbocycles. The lowest BCUT2D eigenvalue weighted by Gasteiger charge is -2.26. The zero-order chi connectivity index (χ0) is 16.9. The van der Waals surface area contributed by atoms with E-state index in [1.54, 1.807) is 0 Å². The van der Waals surface area contributed by atoms with Gasteiger partial charge < -0.3 is 5.11 Å². The number of aliphatic hydroxyl groups is 1. The standard InChI is InChI=1S/C21H27OP/c1-17(21(3,4)22)15-16-18(2)23(19-11-7-5-8-12-19)20-13-9-6-10-14-20/h5-18,22H,1-4H3/b16-15+/t17-,18+/m0/s1. The maximum absolute atomic E-state index is 10.1. The molecular formula is C21H27OP. The summed E-state index contributed by atoms with van der Waals surface area (Å²) < 4.78 is 0. The summed E-state index contributed by atoms with van der Waals surface area (Å²) in [4.78, 5) is 0. The van der Waals surface area contributed by atoms with Crippen LogP contribution >= 0.6 is 7.92 Å². The summed E-state index contributed by atoms with van der Waals surface area (Å²) >= 11 is 0. The van der Waals surface area contributed by atoms with E-state index in [0.29, 0.717) is 5.66 Å². The lowest BCUT2D eigenvalue weighted by molar-refractivity contribution is 0.0440. The topological polar surface area (TPSA) is 20.2 Å². The first-order valence-corrected chi connectivity index (χ1v) is 9.60. The highest BCUT2D eigenvalue weighted by Crippen LogP contribution is 2.40. The lowest BCUT2D eigenvalue weighted by atomic mass is 9.92. The van der Waals surface area contributed by atoms with E-state index in [1.807, 2.05) is 13.8 Å². The van der Waals surface area contributed by atoms with Gasteiger partial charge in [0.05, 0.1) is 5.60 Å². The van der Waals surface area contributed by atoms with Gasteiger partial charge in [-0.1, -0.05) is 86.7 Å². The van der Waals surface area contributed by atoms with Gasteiger partial charge in [-0.3, -0.25) is 0 Å². The van der Waals surface area contributed by atoms with Crippen LogP contribution in [0.2, 0.25) is 0 Å². The molecule has 2 aromatic carbocycles. The predicted molar refractivity (Wildman–Crippen MR) is 103 cm³/mol. The fourth-order valence-corrected chi connectivity index (χ4v) is 4.94. The summed E-state index contributed by atoms with van der Waals surface area (Å²) in [6, 6.07) is 21.5. The predicted octanol–water partition coefficient (Wildman–Crippen LogP) is 4.47. The van der Waals surface area contributed by atoms with Gasteiger partial charge in [0.1, 0.15) is 0 Å². The lowest BCUT2D eigenvalue weighted by Crippen LogP contribution is -2.27. The second kappa shape index (κ2) is 7.90. The molecule has 0 spiro atoms. The molecule has 0 bridgehead atoms. The van der Waals surface area contributed by atoms with Crippen LogP contribution in [0.25, 0.3) is 0 Å². The van der Waals surface area contributed by atoms with Crippen molar-refractivity contribution in [1.29, 1.82) is 0 Å². The smallest absolute Gasteiger partial charge is 0.0651 e. The summed E-state index contributed by atoms with van der Waals surface area (Å²) in [5.74, 6) is 0.133. The van der Waals surface area contributed by atoms with Gasteiger partial charge in [0.2, 0.25) is 0 Å². The molecule has 2 rings (SSSR count). The molecule has 0 aliphatic rings. The summed E-state index contributed by atoms with van der Waals surface area (Å²) in [5.41, 5.74) is -0.266. The van der Waals surface area contributed by atoms with Crippen molar-refractivity contribution in [3.8, 4) is 0 Å². The van der Waals surface area contributed by atoms with Crippen molar-refractivity contribution in [3.63, 3.8) is 0 Å². The Morgan fingerprint density at radius 1 is 0.826 bits per heavy atom. The minimum atomic E-state index is -0.682. The van der Waals surface area contributed by atoms with Gasteiger partial charge >= 0.3 is 0 Å². The Kier molecular flexibility index (Phi) is 6.16. The molecule has 0 heterocycles. The van der Waals surface area contributed by atoms with E-state index in [2.05, 4.69) is 86.7 Å². The van der Waals surface area contributed by atoms with Crippen LogP contribution in [0.4, 0.5) is 0 Å². The van der Waals surface area contributed by atoms with Crippen molar-refractivity contribution in [2.75, 3.05) is 0 Å². The Balaban J connectivity index is 2.30. The van der Waals surface area contributed by atoms with Gasteiger partial charge in [0.25, 0.3) is 0 Å². The maximum atomic E-state index is 10.1. The Morgan fingerprint density at radius 3 is 1.65 bits per heavy atom. The molecule has 2 aromatic rings.